The fraction of sp³-hybridized carbons (Fsp3) is 0.500. The summed E-state index contributed by atoms with van der Waals surface area (Å²) in [4.78, 5) is 20.3. The molecule has 0 saturated carbocycles. The number of benzene rings is 1. The minimum Gasteiger partial charge on any atom is -0.484 e. The molecule has 1 aromatic heterocycles. The van der Waals surface area contributed by atoms with Gasteiger partial charge in [-0.1, -0.05) is 12.1 Å². The standard InChI is InChI=1S/C22H32N6O3/c1-5-23-22(28-9-10-30-20(15-28)18-13-25-27(4)14-18)24-12-17-7-6-8-19(11-17)31-16-21(29)26(2)3/h6-8,11,13-14,20H,5,9-10,12,15-16H2,1-4H3,(H,23,24). The Morgan fingerprint density at radius 3 is 2.97 bits per heavy atom. The zero-order valence-corrected chi connectivity index (χ0v) is 18.7. The van der Waals surface area contributed by atoms with Gasteiger partial charge >= 0.3 is 0 Å². The van der Waals surface area contributed by atoms with Gasteiger partial charge in [-0.05, 0) is 24.6 Å². The van der Waals surface area contributed by atoms with Crippen molar-refractivity contribution in [2.24, 2.45) is 12.0 Å². The maximum Gasteiger partial charge on any atom is 0.259 e. The smallest absolute Gasteiger partial charge is 0.259 e. The van der Waals surface area contributed by atoms with Gasteiger partial charge in [-0.2, -0.15) is 5.10 Å². The third kappa shape index (κ3) is 6.45. The van der Waals surface area contributed by atoms with Crippen molar-refractivity contribution in [1.29, 1.82) is 0 Å². The summed E-state index contributed by atoms with van der Waals surface area (Å²) in [5.41, 5.74) is 2.09. The van der Waals surface area contributed by atoms with Gasteiger partial charge in [0, 0.05) is 46.0 Å². The van der Waals surface area contributed by atoms with E-state index >= 15 is 0 Å². The van der Waals surface area contributed by atoms with Gasteiger partial charge in [0.05, 0.1) is 25.9 Å². The Bertz CT molecular complexity index is 895. The summed E-state index contributed by atoms with van der Waals surface area (Å²) < 4.78 is 13.4. The molecule has 1 aliphatic heterocycles. The first kappa shape index (κ1) is 22.6. The Kier molecular flexibility index (Phi) is 7.88. The molecule has 1 atom stereocenters. The first-order chi connectivity index (χ1) is 15.0. The third-order valence-corrected chi connectivity index (χ3v) is 4.97. The van der Waals surface area contributed by atoms with Crippen LogP contribution in [0.25, 0.3) is 0 Å². The maximum absolute atomic E-state index is 11.7. The summed E-state index contributed by atoms with van der Waals surface area (Å²) in [6, 6.07) is 7.70. The summed E-state index contributed by atoms with van der Waals surface area (Å²) in [5.74, 6) is 1.44. The van der Waals surface area contributed by atoms with Gasteiger partial charge in [0.15, 0.2) is 12.6 Å². The van der Waals surface area contributed by atoms with Gasteiger partial charge in [0.1, 0.15) is 11.9 Å². The minimum atomic E-state index is -0.0756. The molecule has 1 aromatic carbocycles. The van der Waals surface area contributed by atoms with Crippen LogP contribution >= 0.6 is 0 Å². The molecule has 1 fully saturated rings. The largest absolute Gasteiger partial charge is 0.484 e. The normalized spacial score (nSPS) is 16.8. The SMILES string of the molecule is CCNC(=NCc1cccc(OCC(=O)N(C)C)c1)N1CCOC(c2cnn(C)c2)C1. The van der Waals surface area contributed by atoms with Crippen LogP contribution in [0.4, 0.5) is 0 Å². The quantitative estimate of drug-likeness (QED) is 0.531. The lowest BCUT2D eigenvalue weighted by Crippen LogP contribution is -2.48. The van der Waals surface area contributed by atoms with E-state index in [9.17, 15) is 4.79 Å². The second kappa shape index (κ2) is 10.8. The number of rotatable bonds is 7. The molecule has 1 saturated heterocycles. The molecule has 0 aliphatic carbocycles. The first-order valence-corrected chi connectivity index (χ1v) is 10.5. The van der Waals surface area contributed by atoms with Gasteiger partial charge in [-0.25, -0.2) is 4.99 Å². The molecule has 9 nitrogen and oxygen atoms in total. The molecule has 1 N–H and O–H groups in total. The van der Waals surface area contributed by atoms with Crippen LogP contribution in [0, 0.1) is 0 Å². The van der Waals surface area contributed by atoms with Crippen LogP contribution in [-0.4, -0.2) is 78.4 Å². The predicted octanol–water partition coefficient (Wildman–Crippen LogP) is 1.43. The highest BCUT2D eigenvalue weighted by Gasteiger charge is 2.25. The Balaban J connectivity index is 1.65. The molecule has 0 spiro atoms. The number of hydrogen-bond donors (Lipinski definition) is 1. The van der Waals surface area contributed by atoms with E-state index in [2.05, 4.69) is 22.2 Å². The number of aliphatic imine (C=N–C) groups is 1. The zero-order chi connectivity index (χ0) is 22.2. The summed E-state index contributed by atoms with van der Waals surface area (Å²) >= 11 is 0. The Morgan fingerprint density at radius 2 is 2.26 bits per heavy atom. The van der Waals surface area contributed by atoms with Crippen LogP contribution in [0.5, 0.6) is 5.75 Å². The van der Waals surface area contributed by atoms with E-state index in [-0.39, 0.29) is 18.6 Å². The minimum absolute atomic E-state index is 0.0197. The molecule has 168 valence electrons. The van der Waals surface area contributed by atoms with Crippen molar-refractivity contribution in [2.45, 2.75) is 19.6 Å². The first-order valence-electron chi connectivity index (χ1n) is 10.5. The van der Waals surface area contributed by atoms with Gasteiger partial charge in [-0.3, -0.25) is 9.48 Å². The van der Waals surface area contributed by atoms with E-state index in [0.29, 0.717) is 25.4 Å². The van der Waals surface area contributed by atoms with Crippen molar-refractivity contribution < 1.29 is 14.3 Å². The van der Waals surface area contributed by atoms with Crippen LogP contribution in [0.3, 0.4) is 0 Å². The average molecular weight is 429 g/mol. The van der Waals surface area contributed by atoms with E-state index < -0.39 is 0 Å². The number of nitrogens with zero attached hydrogens (tertiary/aromatic N) is 5. The van der Waals surface area contributed by atoms with Crippen LogP contribution in [0.2, 0.25) is 0 Å². The van der Waals surface area contributed by atoms with E-state index in [1.54, 1.807) is 18.8 Å². The van der Waals surface area contributed by atoms with Gasteiger partial charge in [0.2, 0.25) is 0 Å². The summed E-state index contributed by atoms with van der Waals surface area (Å²) in [5, 5.41) is 7.64. The van der Waals surface area contributed by atoms with Crippen molar-refractivity contribution in [3.63, 3.8) is 0 Å². The van der Waals surface area contributed by atoms with Crippen molar-refractivity contribution in [3.05, 3.63) is 47.8 Å². The number of likely N-dealkylation sites (N-methyl/N-ethyl adjacent to an activating group) is 1. The highest BCUT2D eigenvalue weighted by atomic mass is 16.5. The Hall–Kier alpha value is -3.07. The van der Waals surface area contributed by atoms with E-state index in [1.807, 2.05) is 43.7 Å². The molecular formula is C22H32N6O3. The number of carbonyl (C=O) groups excluding carboxylic acids is 1. The van der Waals surface area contributed by atoms with E-state index in [4.69, 9.17) is 14.5 Å². The molecule has 2 aromatic rings. The van der Waals surface area contributed by atoms with Crippen molar-refractivity contribution in [1.82, 2.24) is 24.9 Å². The highest BCUT2D eigenvalue weighted by Crippen LogP contribution is 2.22. The van der Waals surface area contributed by atoms with Crippen LogP contribution in [0.1, 0.15) is 24.2 Å². The van der Waals surface area contributed by atoms with Crippen molar-refractivity contribution in [2.75, 3.05) is 46.9 Å². The number of nitrogens with one attached hydrogen (secondary N) is 1. The zero-order valence-electron chi connectivity index (χ0n) is 18.7. The van der Waals surface area contributed by atoms with E-state index in [1.165, 1.54) is 4.90 Å². The van der Waals surface area contributed by atoms with Gasteiger partial charge < -0.3 is 24.6 Å². The molecule has 3 rings (SSSR count). The fourth-order valence-corrected chi connectivity index (χ4v) is 3.25. The molecule has 1 unspecified atom stereocenters. The van der Waals surface area contributed by atoms with Gasteiger partial charge in [-0.15, -0.1) is 0 Å². The topological polar surface area (TPSA) is 84.2 Å². The number of morpholine rings is 1. The molecule has 1 aliphatic rings. The summed E-state index contributed by atoms with van der Waals surface area (Å²) in [6.45, 7) is 5.50. The van der Waals surface area contributed by atoms with Crippen LogP contribution < -0.4 is 10.1 Å². The Labute approximate surface area is 183 Å². The monoisotopic (exact) mass is 428 g/mol. The summed E-state index contributed by atoms with van der Waals surface area (Å²) in [6.07, 6.45) is 3.81. The number of aryl methyl sites for hydroxylation is 1. The fourth-order valence-electron chi connectivity index (χ4n) is 3.25. The van der Waals surface area contributed by atoms with Crippen molar-refractivity contribution in [3.8, 4) is 5.75 Å². The molecule has 1 amide bonds. The average Bonchev–Trinajstić information content (AvgIpc) is 3.21. The maximum atomic E-state index is 11.7. The molecule has 31 heavy (non-hydrogen) atoms. The molecule has 0 bridgehead atoms. The predicted molar refractivity (Wildman–Crippen MR) is 119 cm³/mol. The summed E-state index contributed by atoms with van der Waals surface area (Å²) in [7, 11) is 5.33. The lowest BCUT2D eigenvalue weighted by atomic mass is 10.1. The second-order valence-electron chi connectivity index (χ2n) is 7.65. The highest BCUT2D eigenvalue weighted by molar-refractivity contribution is 5.80. The van der Waals surface area contributed by atoms with E-state index in [0.717, 1.165) is 30.2 Å². The number of carbonyl (C=O) groups is 1. The third-order valence-electron chi connectivity index (χ3n) is 4.97. The number of amides is 1. The van der Waals surface area contributed by atoms with Crippen LogP contribution in [0.15, 0.2) is 41.7 Å². The Morgan fingerprint density at radius 1 is 1.42 bits per heavy atom. The second-order valence-corrected chi connectivity index (χ2v) is 7.65. The number of hydrogen-bond acceptors (Lipinski definition) is 5. The van der Waals surface area contributed by atoms with Crippen LogP contribution in [-0.2, 0) is 23.1 Å². The number of ether oxygens (including phenoxy) is 2. The molecular weight excluding hydrogens is 396 g/mol. The molecule has 9 heteroatoms. The lowest BCUT2D eigenvalue weighted by molar-refractivity contribution is -0.130. The van der Waals surface area contributed by atoms with Crippen molar-refractivity contribution >= 4 is 11.9 Å². The number of guanidine groups is 1. The number of aromatic nitrogens is 2. The molecule has 0 radical (unpaired) electrons. The lowest BCUT2D eigenvalue weighted by Gasteiger charge is -2.34. The molecule has 2 heterocycles. The van der Waals surface area contributed by atoms with Gasteiger partial charge in [0.25, 0.3) is 5.91 Å².